The Morgan fingerprint density at radius 3 is 1.98 bits per heavy atom. The summed E-state index contributed by atoms with van der Waals surface area (Å²) < 4.78 is 57.6. The van der Waals surface area contributed by atoms with Crippen LogP contribution < -0.4 is 15.5 Å². The van der Waals surface area contributed by atoms with Crippen molar-refractivity contribution in [1.82, 2.24) is 20.0 Å². The number of carbonyl (C=O) groups excluding carboxylic acids is 3. The van der Waals surface area contributed by atoms with Gasteiger partial charge in [0.05, 0.1) is 11.6 Å². The molecule has 0 radical (unpaired) electrons. The molecule has 3 amide bonds. The third-order valence-corrected chi connectivity index (χ3v) is 10.4. The van der Waals surface area contributed by atoms with Crippen LogP contribution in [0.5, 0.6) is 0 Å². The van der Waals surface area contributed by atoms with E-state index in [2.05, 4.69) is 15.7 Å². The largest absolute Gasteiger partial charge is 0.377 e. The van der Waals surface area contributed by atoms with Crippen molar-refractivity contribution >= 4 is 29.1 Å². The minimum absolute atomic E-state index is 0.0900. The topological polar surface area (TPSA) is 99.6 Å². The van der Waals surface area contributed by atoms with E-state index in [9.17, 15) is 27.6 Å². The number of rotatable bonds is 13. The smallest absolute Gasteiger partial charge is 0.287 e. The van der Waals surface area contributed by atoms with Gasteiger partial charge in [-0.25, -0.2) is 17.6 Å². The SMILES string of the molecule is CC(C(=O)N(C)C(F)C(F)F)c1cc(F)c(NC(=O)[C@@H](NC(=O)c2ccnn2C(C)C)C(C2CCCCC2)C2CCCCC2)cc1N(C)C. The second-order valence-electron chi connectivity index (χ2n) is 14.2. The first-order valence-electron chi connectivity index (χ1n) is 17.6. The molecule has 13 heteroatoms. The highest BCUT2D eigenvalue weighted by Gasteiger charge is 2.42. The predicted octanol–water partition coefficient (Wildman–Crippen LogP) is 7.31. The zero-order chi connectivity index (χ0) is 36.0. The Morgan fingerprint density at radius 1 is 0.898 bits per heavy atom. The molecule has 0 saturated heterocycles. The van der Waals surface area contributed by atoms with Gasteiger partial charge in [-0.2, -0.15) is 5.10 Å². The number of carbonyl (C=O) groups is 3. The van der Waals surface area contributed by atoms with Crippen LogP contribution in [0, 0.1) is 23.6 Å². The highest BCUT2D eigenvalue weighted by atomic mass is 19.3. The summed E-state index contributed by atoms with van der Waals surface area (Å²) in [4.78, 5) is 43.2. The lowest BCUT2D eigenvalue weighted by atomic mass is 9.66. The molecule has 2 N–H and O–H groups in total. The number of aromatic nitrogens is 2. The number of alkyl halides is 3. The van der Waals surface area contributed by atoms with Gasteiger partial charge in [-0.1, -0.05) is 64.2 Å². The van der Waals surface area contributed by atoms with Crippen molar-refractivity contribution in [1.29, 1.82) is 0 Å². The van der Waals surface area contributed by atoms with Gasteiger partial charge in [-0.15, -0.1) is 0 Å². The van der Waals surface area contributed by atoms with E-state index in [1.807, 2.05) is 13.8 Å². The molecule has 2 unspecified atom stereocenters. The summed E-state index contributed by atoms with van der Waals surface area (Å²) in [7, 11) is 4.25. The fraction of sp³-hybridized carbons (Fsp3) is 0.667. The summed E-state index contributed by atoms with van der Waals surface area (Å²) in [6.07, 6.45) is 5.58. The molecule has 4 rings (SSSR count). The number of hydrogen-bond acceptors (Lipinski definition) is 5. The lowest BCUT2D eigenvalue weighted by Crippen LogP contribution is -2.53. The van der Waals surface area contributed by atoms with Crippen LogP contribution in [0.1, 0.15) is 113 Å². The van der Waals surface area contributed by atoms with Crippen LogP contribution in [0.15, 0.2) is 24.4 Å². The van der Waals surface area contributed by atoms with Gasteiger partial charge in [0, 0.05) is 39.1 Å². The second-order valence-corrected chi connectivity index (χ2v) is 14.2. The first-order chi connectivity index (χ1) is 23.2. The van der Waals surface area contributed by atoms with Crippen LogP contribution in [-0.4, -0.2) is 72.3 Å². The molecule has 272 valence electrons. The van der Waals surface area contributed by atoms with Crippen molar-refractivity contribution in [2.75, 3.05) is 31.4 Å². The number of hydrogen-bond donors (Lipinski definition) is 2. The maximum atomic E-state index is 15.9. The van der Waals surface area contributed by atoms with E-state index in [1.54, 1.807) is 35.9 Å². The molecule has 2 aliphatic carbocycles. The van der Waals surface area contributed by atoms with Gasteiger partial charge < -0.3 is 20.4 Å². The Bertz CT molecular complexity index is 1420. The number of halogens is 4. The molecule has 1 aromatic carbocycles. The number of benzene rings is 1. The maximum Gasteiger partial charge on any atom is 0.287 e. The van der Waals surface area contributed by atoms with Crippen molar-refractivity contribution in [2.24, 2.45) is 17.8 Å². The first kappa shape index (κ1) is 38.2. The summed E-state index contributed by atoms with van der Waals surface area (Å²) in [5, 5.41) is 10.1. The van der Waals surface area contributed by atoms with Crippen LogP contribution in [0.3, 0.4) is 0 Å². The standard InChI is InChI=1S/C36H52F4N6O3/c1-21(2)46-28(17-18-41-46)34(47)43-31(30(23-13-9-7-10-14-23)24-15-11-8-12-16-24)35(48)42-27-20-29(44(4)5)25(19-26(27)37)22(3)36(49)45(6)33(40)32(38)39/h17-24,30-33H,7-16H2,1-6H3,(H,42,48)(H,43,47)/t22?,31-,33?/m0/s1. The maximum absolute atomic E-state index is 15.9. The van der Waals surface area contributed by atoms with Crippen LogP contribution in [0.2, 0.25) is 0 Å². The first-order valence-corrected chi connectivity index (χ1v) is 17.6. The fourth-order valence-corrected chi connectivity index (χ4v) is 7.77. The quantitative estimate of drug-likeness (QED) is 0.170. The fourth-order valence-electron chi connectivity index (χ4n) is 7.77. The molecule has 0 bridgehead atoms. The van der Waals surface area contributed by atoms with Crippen LogP contribution >= 0.6 is 0 Å². The van der Waals surface area contributed by atoms with Gasteiger partial charge in [0.1, 0.15) is 17.6 Å². The Balaban J connectivity index is 1.71. The van der Waals surface area contributed by atoms with Crippen LogP contribution in [-0.2, 0) is 9.59 Å². The summed E-state index contributed by atoms with van der Waals surface area (Å²) in [5.74, 6) is -3.67. The molecule has 0 aliphatic heterocycles. The molecule has 2 aliphatic rings. The van der Waals surface area contributed by atoms with Crippen molar-refractivity contribution in [2.45, 2.75) is 116 Å². The Kier molecular flexibility index (Phi) is 13.1. The Hall–Kier alpha value is -3.64. The lowest BCUT2D eigenvalue weighted by molar-refractivity contribution is -0.143. The highest BCUT2D eigenvalue weighted by molar-refractivity contribution is 6.01. The van der Waals surface area contributed by atoms with Gasteiger partial charge in [0.25, 0.3) is 12.3 Å². The van der Waals surface area contributed by atoms with E-state index < -0.39 is 48.2 Å². The number of anilines is 2. The van der Waals surface area contributed by atoms with Crippen LogP contribution in [0.25, 0.3) is 0 Å². The molecule has 2 fully saturated rings. The lowest BCUT2D eigenvalue weighted by Gasteiger charge is -2.42. The van der Waals surface area contributed by atoms with Gasteiger partial charge in [0.15, 0.2) is 0 Å². The molecule has 9 nitrogen and oxygen atoms in total. The summed E-state index contributed by atoms with van der Waals surface area (Å²) >= 11 is 0. The second kappa shape index (κ2) is 16.8. The summed E-state index contributed by atoms with van der Waals surface area (Å²) in [6, 6.07) is 3.03. The van der Waals surface area contributed by atoms with E-state index in [0.29, 0.717) is 16.3 Å². The van der Waals surface area contributed by atoms with Gasteiger partial charge in [-0.05, 0) is 62.3 Å². The van der Waals surface area contributed by atoms with E-state index in [1.165, 1.54) is 13.0 Å². The summed E-state index contributed by atoms with van der Waals surface area (Å²) in [5.41, 5.74) is 0.665. The molecule has 1 heterocycles. The van der Waals surface area contributed by atoms with E-state index in [4.69, 9.17) is 0 Å². The molecular weight excluding hydrogens is 640 g/mol. The number of nitrogens with zero attached hydrogens (tertiary/aromatic N) is 4. The number of amides is 3. The molecule has 49 heavy (non-hydrogen) atoms. The normalized spacial score (nSPS) is 18.0. The molecule has 0 spiro atoms. The minimum atomic E-state index is -3.39. The van der Waals surface area contributed by atoms with Crippen molar-refractivity contribution < 1.29 is 31.9 Å². The van der Waals surface area contributed by atoms with E-state index in [-0.39, 0.29) is 35.0 Å². The van der Waals surface area contributed by atoms with Gasteiger partial charge >= 0.3 is 0 Å². The molecular formula is C36H52F4N6O3. The van der Waals surface area contributed by atoms with Crippen molar-refractivity contribution in [3.8, 4) is 0 Å². The average molecular weight is 693 g/mol. The minimum Gasteiger partial charge on any atom is -0.377 e. The molecule has 2 saturated carbocycles. The van der Waals surface area contributed by atoms with Crippen molar-refractivity contribution in [3.05, 3.63) is 41.5 Å². The summed E-state index contributed by atoms with van der Waals surface area (Å²) in [6.45, 7) is 5.22. The van der Waals surface area contributed by atoms with Crippen molar-refractivity contribution in [3.63, 3.8) is 0 Å². The molecule has 1 aromatic heterocycles. The van der Waals surface area contributed by atoms with Gasteiger partial charge in [0.2, 0.25) is 18.1 Å². The average Bonchev–Trinajstić information content (AvgIpc) is 3.59. The highest BCUT2D eigenvalue weighted by Crippen LogP contribution is 2.42. The number of likely N-dealkylation sites (N-methyl/N-ethyl adjacent to an activating group) is 1. The monoisotopic (exact) mass is 692 g/mol. The van der Waals surface area contributed by atoms with Gasteiger partial charge in [-0.3, -0.25) is 19.1 Å². The predicted molar refractivity (Wildman–Crippen MR) is 182 cm³/mol. The Morgan fingerprint density at radius 2 is 1.47 bits per heavy atom. The van der Waals surface area contributed by atoms with E-state index >= 15 is 4.39 Å². The Labute approximate surface area is 287 Å². The number of nitrogens with one attached hydrogen (secondary N) is 2. The molecule has 3 atom stereocenters. The zero-order valence-corrected chi connectivity index (χ0v) is 29.5. The third kappa shape index (κ3) is 8.94. The van der Waals surface area contributed by atoms with Crippen LogP contribution in [0.4, 0.5) is 28.9 Å². The van der Waals surface area contributed by atoms with E-state index in [0.717, 1.165) is 77.3 Å². The zero-order valence-electron chi connectivity index (χ0n) is 29.5. The third-order valence-electron chi connectivity index (χ3n) is 10.4. The molecule has 2 aromatic rings.